The zero-order valence-electron chi connectivity index (χ0n) is 12.1. The van der Waals surface area contributed by atoms with Gasteiger partial charge in [0.05, 0.1) is 0 Å². The number of alkyl halides is 1. The van der Waals surface area contributed by atoms with E-state index in [1.807, 2.05) is 13.8 Å². The molecule has 1 atom stereocenters. The fraction of sp³-hybridized carbons (Fsp3) is 0.833. The number of carbonyl (C=O) groups is 1. The Morgan fingerprint density at radius 3 is 2.29 bits per heavy atom. The molecule has 0 radical (unpaired) electrons. The zero-order valence-corrected chi connectivity index (χ0v) is 17.8. The fourth-order valence-electron chi connectivity index (χ4n) is 1.50. The topological polar surface area (TPSA) is 26.3 Å². The molecule has 0 fully saturated rings. The Kier molecular flexibility index (Phi) is 13.2. The first kappa shape index (κ1) is 21.1. The first-order valence-corrected chi connectivity index (χ1v) is 10.2. The van der Waals surface area contributed by atoms with Gasteiger partial charge in [0, 0.05) is 10.7 Å². The molecular weight excluding hydrogens is 323 g/mol. The molecule has 0 aromatic carbocycles. The van der Waals surface area contributed by atoms with Crippen LogP contribution >= 0.6 is 15.9 Å². The van der Waals surface area contributed by atoms with Gasteiger partial charge in [0.1, 0.15) is 0 Å². The maximum atomic E-state index is 11.7. The van der Waals surface area contributed by atoms with E-state index in [1.54, 1.807) is 0 Å². The molecule has 96 valence electrons. The number of hydrogen-bond acceptors (Lipinski definition) is 2. The van der Waals surface area contributed by atoms with Gasteiger partial charge in [-0.15, -0.1) is 0 Å². The Bertz CT molecular complexity index is 225. The number of Topliss-reactive ketones (excluding diaryl/α,β-unsaturated/α-hetero) is 1. The summed E-state index contributed by atoms with van der Waals surface area (Å²) in [7, 11) is -1.66. The summed E-state index contributed by atoms with van der Waals surface area (Å²) in [5, 5.41) is 0. The van der Waals surface area contributed by atoms with E-state index in [0.29, 0.717) is 6.42 Å². The van der Waals surface area contributed by atoms with Crippen molar-refractivity contribution in [3.63, 3.8) is 0 Å². The second-order valence-electron chi connectivity index (χ2n) is 4.75. The Morgan fingerprint density at radius 1 is 1.41 bits per heavy atom. The third kappa shape index (κ3) is 8.58. The number of hydrogen-bond donors (Lipinski definition) is 0. The Morgan fingerprint density at radius 2 is 1.94 bits per heavy atom. The Labute approximate surface area is 158 Å². The van der Waals surface area contributed by atoms with E-state index in [4.69, 9.17) is 4.43 Å². The van der Waals surface area contributed by atoms with Crippen molar-refractivity contribution in [3.05, 3.63) is 5.92 Å². The molecule has 2 nitrogen and oxygen atoms in total. The van der Waals surface area contributed by atoms with Crippen molar-refractivity contribution in [2.24, 2.45) is 0 Å². The summed E-state index contributed by atoms with van der Waals surface area (Å²) in [4.78, 5) is 12.6. The molecule has 0 rings (SSSR count). The number of carbonyl (C=O) groups excluding carboxylic acids is 1. The van der Waals surface area contributed by atoms with E-state index in [2.05, 4.69) is 35.9 Å². The molecule has 0 heterocycles. The summed E-state index contributed by atoms with van der Waals surface area (Å²) in [6, 6.07) is 0. The molecule has 0 aliphatic carbocycles. The van der Waals surface area contributed by atoms with Crippen LogP contribution in [0.15, 0.2) is 0 Å². The number of rotatable bonds is 8. The quantitative estimate of drug-likeness (QED) is 0.370. The molecule has 17 heavy (non-hydrogen) atoms. The van der Waals surface area contributed by atoms with Gasteiger partial charge in [0.2, 0.25) is 0 Å². The van der Waals surface area contributed by atoms with Gasteiger partial charge in [-0.3, -0.25) is 5.92 Å². The van der Waals surface area contributed by atoms with E-state index in [1.165, 1.54) is 0 Å². The third-order valence-electron chi connectivity index (χ3n) is 2.58. The summed E-state index contributed by atoms with van der Waals surface area (Å²) in [5.74, 6) is 1.13. The van der Waals surface area contributed by atoms with E-state index >= 15 is 0 Å². The van der Waals surface area contributed by atoms with E-state index in [-0.39, 0.29) is 63.3 Å². The molecule has 0 aliphatic rings. The maximum Gasteiger partial charge on any atom is 1.00 e. The van der Waals surface area contributed by atoms with Gasteiger partial charge >= 0.3 is 51.4 Å². The predicted octanol–water partition coefficient (Wildman–Crippen LogP) is 0.888. The maximum absolute atomic E-state index is 11.7. The smallest absolute Gasteiger partial charge is 0.441 e. The van der Waals surface area contributed by atoms with Crippen LogP contribution in [0.2, 0.25) is 13.1 Å². The third-order valence-corrected chi connectivity index (χ3v) is 8.20. The second-order valence-corrected chi connectivity index (χ2v) is 10.5. The van der Waals surface area contributed by atoms with Crippen LogP contribution < -0.4 is 51.4 Å². The second kappa shape index (κ2) is 10.6. The summed E-state index contributed by atoms with van der Waals surface area (Å²) in [6.45, 7) is 10.3. The molecule has 0 spiro atoms. The van der Waals surface area contributed by atoms with Gasteiger partial charge < -0.3 is 9.22 Å². The average molecular weight is 347 g/mol. The van der Waals surface area contributed by atoms with Crippen molar-refractivity contribution in [1.82, 2.24) is 0 Å². The molecule has 0 N–H and O–H groups in total. The van der Waals surface area contributed by atoms with Crippen molar-refractivity contribution in [2.75, 3.05) is 4.95 Å². The summed E-state index contributed by atoms with van der Waals surface area (Å²) in [6.07, 6.45) is 2.59. The normalized spacial score (nSPS) is 12.8. The minimum absolute atomic E-state index is 0. The molecule has 0 saturated heterocycles. The number of ketones is 1. The predicted molar refractivity (Wildman–Crippen MR) is 75.3 cm³/mol. The summed E-state index contributed by atoms with van der Waals surface area (Å²) >= 11 is 3.50. The molecular formula is C12H24BrKO2Si. The standard InChI is InChI=1S/C12H24BrO2Si.K/c1-6-8-12(10(3)11(14)7-2)15-16(4,5)9-13;/h12H,6-9H2,1-5H3;/q-1;+1/t12-;/m0./s1. The van der Waals surface area contributed by atoms with Gasteiger partial charge in [-0.2, -0.15) is 6.92 Å². The molecule has 0 aliphatic heterocycles. The largest absolute Gasteiger partial charge is 1.00 e. The van der Waals surface area contributed by atoms with E-state index in [0.717, 1.165) is 23.7 Å². The van der Waals surface area contributed by atoms with Crippen LogP contribution in [0.1, 0.15) is 40.0 Å². The summed E-state index contributed by atoms with van der Waals surface area (Å²) < 4.78 is 6.15. The first-order valence-electron chi connectivity index (χ1n) is 5.98. The van der Waals surface area contributed by atoms with Crippen molar-refractivity contribution < 1.29 is 60.6 Å². The molecule has 0 unspecified atom stereocenters. The monoisotopic (exact) mass is 346 g/mol. The van der Waals surface area contributed by atoms with Crippen LogP contribution in [0.5, 0.6) is 0 Å². The fourth-order valence-corrected chi connectivity index (χ4v) is 3.03. The average Bonchev–Trinajstić information content (AvgIpc) is 2.26. The van der Waals surface area contributed by atoms with Gasteiger partial charge in [-0.05, 0) is 19.5 Å². The Balaban J connectivity index is 0. The molecule has 0 amide bonds. The minimum atomic E-state index is -1.66. The van der Waals surface area contributed by atoms with Crippen molar-refractivity contribution in [1.29, 1.82) is 0 Å². The molecule has 0 bridgehead atoms. The first-order chi connectivity index (χ1) is 7.37. The SMILES string of the molecule is CCC[C@H](O[Si](C)(C)CBr)[C-](C)C(=O)CC.[K+]. The van der Waals surface area contributed by atoms with Crippen molar-refractivity contribution >= 4 is 30.0 Å². The van der Waals surface area contributed by atoms with Gasteiger partial charge in [-0.1, -0.05) is 48.7 Å². The Hall–Kier alpha value is 1.83. The molecule has 0 aromatic heterocycles. The van der Waals surface area contributed by atoms with Crippen LogP contribution in [0, 0.1) is 5.92 Å². The van der Waals surface area contributed by atoms with Crippen molar-refractivity contribution in [2.45, 2.75) is 59.2 Å². The van der Waals surface area contributed by atoms with Crippen LogP contribution in [0.4, 0.5) is 0 Å². The number of halogens is 1. The van der Waals surface area contributed by atoms with Gasteiger partial charge in [0.15, 0.2) is 8.32 Å². The molecule has 0 aromatic rings. The van der Waals surface area contributed by atoms with Gasteiger partial charge in [-0.25, -0.2) is 0 Å². The van der Waals surface area contributed by atoms with Crippen LogP contribution in [0.3, 0.4) is 0 Å². The van der Waals surface area contributed by atoms with Crippen LogP contribution in [-0.2, 0) is 9.22 Å². The van der Waals surface area contributed by atoms with E-state index in [9.17, 15) is 4.79 Å². The van der Waals surface area contributed by atoms with Crippen molar-refractivity contribution in [3.8, 4) is 0 Å². The zero-order chi connectivity index (χ0) is 12.8. The van der Waals surface area contributed by atoms with Gasteiger partial charge in [0.25, 0.3) is 0 Å². The van der Waals surface area contributed by atoms with E-state index < -0.39 is 8.32 Å². The minimum Gasteiger partial charge on any atom is -0.441 e. The summed E-state index contributed by atoms with van der Waals surface area (Å²) in [5.41, 5.74) is 0. The van der Waals surface area contributed by atoms with Crippen LogP contribution in [0.25, 0.3) is 0 Å². The molecule has 0 saturated carbocycles. The van der Waals surface area contributed by atoms with Crippen LogP contribution in [-0.4, -0.2) is 25.2 Å². The molecule has 5 heteroatoms.